The number of carbonyl (C=O) groups excluding carboxylic acids is 2. The van der Waals surface area contributed by atoms with Crippen LogP contribution in [-0.4, -0.2) is 77.1 Å². The van der Waals surface area contributed by atoms with Gasteiger partial charge in [0.2, 0.25) is 5.91 Å². The number of likely N-dealkylation sites (tertiary alicyclic amines) is 1. The average Bonchev–Trinajstić information content (AvgIpc) is 3.02. The molecule has 164 valence electrons. The average molecular weight is 441 g/mol. The van der Waals surface area contributed by atoms with Gasteiger partial charge in [-0.15, -0.1) is 0 Å². The van der Waals surface area contributed by atoms with Crippen LogP contribution in [0.2, 0.25) is 5.02 Å². The quantitative estimate of drug-likeness (QED) is 0.461. The molecule has 0 unspecified atom stereocenters. The lowest BCUT2D eigenvalue weighted by atomic mass is 10.2. The number of likely N-dealkylation sites (N-methyl/N-ethyl adjacent to an activating group) is 1. The summed E-state index contributed by atoms with van der Waals surface area (Å²) in [6.45, 7) is 1.42. The van der Waals surface area contributed by atoms with Crippen LogP contribution >= 0.6 is 11.6 Å². The highest BCUT2D eigenvalue weighted by Gasteiger charge is 2.36. The van der Waals surface area contributed by atoms with Gasteiger partial charge in [0.15, 0.2) is 0 Å². The maximum Gasteiger partial charge on any atom is 0.328 e. The molecule has 0 saturated carbocycles. The monoisotopic (exact) mass is 440 g/mol. The van der Waals surface area contributed by atoms with Crippen LogP contribution in [-0.2, 0) is 30.5 Å². The highest BCUT2D eigenvalue weighted by molar-refractivity contribution is 6.30. The number of carboxylic acid groups (broad SMARTS) is 2. The van der Waals surface area contributed by atoms with Gasteiger partial charge in [0.25, 0.3) is 0 Å². The molecule has 1 aromatic rings. The standard InChI is InChI=1S/C16H21ClN2O3.C4H4O4/c1-18(2)9-10-22-16(21)14-7-8-15(20)19(14)11-12-3-5-13(17)6-4-12;5-3(6)1-2-4(7)8/h3-6,14H,7-11H2,1-2H3;1-2H,(H,5,6)(H,7,8)/b;2-1-/t14-;/m0./s1. The number of esters is 1. The second-order valence-corrected chi connectivity index (χ2v) is 7.12. The van der Waals surface area contributed by atoms with Crippen molar-refractivity contribution in [3.63, 3.8) is 0 Å². The summed E-state index contributed by atoms with van der Waals surface area (Å²) >= 11 is 5.86. The first-order valence-corrected chi connectivity index (χ1v) is 9.47. The van der Waals surface area contributed by atoms with Gasteiger partial charge in [0, 0.05) is 36.7 Å². The zero-order valence-electron chi connectivity index (χ0n) is 16.8. The number of hydrogen-bond donors (Lipinski definition) is 2. The van der Waals surface area contributed by atoms with E-state index in [1.165, 1.54) is 0 Å². The van der Waals surface area contributed by atoms with Crippen LogP contribution in [0, 0.1) is 0 Å². The van der Waals surface area contributed by atoms with Gasteiger partial charge < -0.3 is 24.7 Å². The van der Waals surface area contributed by atoms with Crippen LogP contribution in [0.1, 0.15) is 18.4 Å². The first-order chi connectivity index (χ1) is 14.1. The molecule has 30 heavy (non-hydrogen) atoms. The summed E-state index contributed by atoms with van der Waals surface area (Å²) in [5, 5.41) is 16.3. The third-order valence-electron chi connectivity index (χ3n) is 4.02. The van der Waals surface area contributed by atoms with Gasteiger partial charge in [0.05, 0.1) is 0 Å². The number of halogens is 1. The van der Waals surface area contributed by atoms with Crippen molar-refractivity contribution >= 4 is 35.4 Å². The Morgan fingerprint density at radius 3 is 2.23 bits per heavy atom. The molecule has 0 spiro atoms. The number of nitrogens with zero attached hydrogens (tertiary/aromatic N) is 2. The minimum atomic E-state index is -1.26. The van der Waals surface area contributed by atoms with Crippen LogP contribution in [0.5, 0.6) is 0 Å². The Hall–Kier alpha value is -2.91. The largest absolute Gasteiger partial charge is 0.478 e. The zero-order chi connectivity index (χ0) is 22.7. The molecule has 0 aliphatic carbocycles. The fourth-order valence-electron chi connectivity index (χ4n) is 2.53. The summed E-state index contributed by atoms with van der Waals surface area (Å²) in [5.74, 6) is -2.84. The van der Waals surface area contributed by atoms with Crippen molar-refractivity contribution in [1.82, 2.24) is 9.80 Å². The Morgan fingerprint density at radius 1 is 1.17 bits per heavy atom. The number of ether oxygens (including phenoxy) is 1. The van der Waals surface area contributed by atoms with E-state index >= 15 is 0 Å². The SMILES string of the molecule is CN(C)CCOC(=O)[C@@H]1CCC(=O)N1Cc1ccc(Cl)cc1.O=C(O)/C=C\C(=O)O. The van der Waals surface area contributed by atoms with Gasteiger partial charge in [-0.2, -0.15) is 0 Å². The minimum Gasteiger partial charge on any atom is -0.478 e. The fourth-order valence-corrected chi connectivity index (χ4v) is 2.66. The molecular formula is C20H25ClN2O7. The first-order valence-electron chi connectivity index (χ1n) is 9.09. The van der Waals surface area contributed by atoms with E-state index in [1.807, 2.05) is 31.1 Å². The van der Waals surface area contributed by atoms with Crippen molar-refractivity contribution in [3.05, 3.63) is 47.0 Å². The van der Waals surface area contributed by atoms with Crippen molar-refractivity contribution in [3.8, 4) is 0 Å². The fraction of sp³-hybridized carbons (Fsp3) is 0.400. The third-order valence-corrected chi connectivity index (χ3v) is 4.27. The Morgan fingerprint density at radius 2 is 1.73 bits per heavy atom. The number of aliphatic carboxylic acids is 2. The maximum absolute atomic E-state index is 12.2. The molecule has 1 saturated heterocycles. The van der Waals surface area contributed by atoms with E-state index in [2.05, 4.69) is 0 Å². The molecule has 1 aromatic carbocycles. The van der Waals surface area contributed by atoms with Gasteiger partial charge in [-0.05, 0) is 38.2 Å². The molecule has 1 fully saturated rings. The predicted octanol–water partition coefficient (Wildman–Crippen LogP) is 1.65. The summed E-state index contributed by atoms with van der Waals surface area (Å²) in [4.78, 5) is 46.8. The molecular weight excluding hydrogens is 416 g/mol. The van der Waals surface area contributed by atoms with E-state index in [-0.39, 0.29) is 11.9 Å². The van der Waals surface area contributed by atoms with Crippen molar-refractivity contribution in [1.29, 1.82) is 0 Å². The smallest absolute Gasteiger partial charge is 0.328 e. The van der Waals surface area contributed by atoms with Gasteiger partial charge >= 0.3 is 17.9 Å². The molecule has 2 rings (SSSR count). The number of hydrogen-bond acceptors (Lipinski definition) is 6. The molecule has 1 amide bonds. The van der Waals surface area contributed by atoms with Crippen LogP contribution in [0.25, 0.3) is 0 Å². The number of carbonyl (C=O) groups is 4. The first kappa shape index (κ1) is 25.1. The molecule has 1 atom stereocenters. The van der Waals surface area contributed by atoms with E-state index < -0.39 is 18.0 Å². The van der Waals surface area contributed by atoms with Crippen LogP contribution in [0.4, 0.5) is 0 Å². The Kier molecular flexibility index (Phi) is 10.6. The lowest BCUT2D eigenvalue weighted by Crippen LogP contribution is -2.39. The third kappa shape index (κ3) is 9.53. The summed E-state index contributed by atoms with van der Waals surface area (Å²) < 4.78 is 5.28. The molecule has 10 heteroatoms. The zero-order valence-corrected chi connectivity index (χ0v) is 17.5. The van der Waals surface area contributed by atoms with Crippen molar-refractivity contribution < 1.29 is 34.1 Å². The summed E-state index contributed by atoms with van der Waals surface area (Å²) in [6.07, 6.45) is 2.03. The van der Waals surface area contributed by atoms with Gasteiger partial charge in [-0.25, -0.2) is 14.4 Å². The lowest BCUT2D eigenvalue weighted by Gasteiger charge is -2.23. The van der Waals surface area contributed by atoms with E-state index in [1.54, 1.807) is 17.0 Å². The molecule has 2 N–H and O–H groups in total. The number of amides is 1. The second kappa shape index (κ2) is 12.6. The minimum absolute atomic E-state index is 0.00971. The Balaban J connectivity index is 0.000000479. The Bertz CT molecular complexity index is 762. The van der Waals surface area contributed by atoms with Crippen LogP contribution < -0.4 is 0 Å². The summed E-state index contributed by atoms with van der Waals surface area (Å²) in [5.41, 5.74) is 0.950. The highest BCUT2D eigenvalue weighted by Crippen LogP contribution is 2.23. The number of benzene rings is 1. The van der Waals surface area contributed by atoms with E-state index in [0.29, 0.717) is 49.7 Å². The molecule has 0 radical (unpaired) electrons. The highest BCUT2D eigenvalue weighted by atomic mass is 35.5. The van der Waals surface area contributed by atoms with Crippen LogP contribution in [0.15, 0.2) is 36.4 Å². The van der Waals surface area contributed by atoms with E-state index in [0.717, 1.165) is 5.56 Å². The predicted molar refractivity (Wildman–Crippen MR) is 109 cm³/mol. The Labute approximate surface area is 179 Å². The topological polar surface area (TPSA) is 124 Å². The second-order valence-electron chi connectivity index (χ2n) is 6.68. The van der Waals surface area contributed by atoms with Crippen molar-refractivity contribution in [2.45, 2.75) is 25.4 Å². The van der Waals surface area contributed by atoms with Crippen molar-refractivity contribution in [2.75, 3.05) is 27.2 Å². The molecule has 9 nitrogen and oxygen atoms in total. The van der Waals surface area contributed by atoms with Crippen LogP contribution in [0.3, 0.4) is 0 Å². The lowest BCUT2D eigenvalue weighted by molar-refractivity contribution is -0.152. The molecule has 1 aliphatic heterocycles. The maximum atomic E-state index is 12.2. The summed E-state index contributed by atoms with van der Waals surface area (Å²) in [6, 6.07) is 6.80. The molecule has 1 aliphatic rings. The molecule has 0 bridgehead atoms. The number of carboxylic acids is 2. The number of rotatable bonds is 8. The van der Waals surface area contributed by atoms with Gasteiger partial charge in [-0.1, -0.05) is 23.7 Å². The molecule has 1 heterocycles. The summed E-state index contributed by atoms with van der Waals surface area (Å²) in [7, 11) is 3.83. The van der Waals surface area contributed by atoms with Gasteiger partial charge in [0.1, 0.15) is 12.6 Å². The van der Waals surface area contributed by atoms with Gasteiger partial charge in [-0.3, -0.25) is 4.79 Å². The van der Waals surface area contributed by atoms with E-state index in [4.69, 9.17) is 26.6 Å². The molecule has 0 aromatic heterocycles. The van der Waals surface area contributed by atoms with Crippen molar-refractivity contribution in [2.24, 2.45) is 0 Å². The van der Waals surface area contributed by atoms with E-state index in [9.17, 15) is 19.2 Å². The normalized spacial score (nSPS) is 15.8.